The maximum absolute atomic E-state index is 4.49. The molecule has 3 aromatic rings. The molecule has 4 heteroatoms. The summed E-state index contributed by atoms with van der Waals surface area (Å²) in [6.45, 7) is 5.31. The van der Waals surface area contributed by atoms with E-state index in [9.17, 15) is 0 Å². The van der Waals surface area contributed by atoms with Crippen LogP contribution < -0.4 is 0 Å². The first kappa shape index (κ1) is 12.7. The Morgan fingerprint density at radius 1 is 1.33 bits per heavy atom. The van der Waals surface area contributed by atoms with Crippen LogP contribution in [0.3, 0.4) is 0 Å². The van der Waals surface area contributed by atoms with Gasteiger partial charge in [-0.3, -0.25) is 4.90 Å². The molecule has 1 fully saturated rings. The lowest BCUT2D eigenvalue weighted by molar-refractivity contribution is 0.327. The number of aromatic nitrogens is 3. The van der Waals surface area contributed by atoms with Crippen LogP contribution in [0.2, 0.25) is 0 Å². The third-order valence-corrected chi connectivity index (χ3v) is 4.45. The van der Waals surface area contributed by atoms with Crippen LogP contribution in [0.1, 0.15) is 29.4 Å². The lowest BCUT2D eigenvalue weighted by atomic mass is 10.1. The van der Waals surface area contributed by atoms with E-state index in [4.69, 9.17) is 0 Å². The summed E-state index contributed by atoms with van der Waals surface area (Å²) >= 11 is 0. The molecule has 1 saturated heterocycles. The van der Waals surface area contributed by atoms with Gasteiger partial charge in [0.2, 0.25) is 0 Å². The summed E-state index contributed by atoms with van der Waals surface area (Å²) in [5.41, 5.74) is 3.77. The van der Waals surface area contributed by atoms with Crippen LogP contribution in [0.15, 0.2) is 36.7 Å². The van der Waals surface area contributed by atoms with Gasteiger partial charge in [0.1, 0.15) is 5.82 Å². The van der Waals surface area contributed by atoms with Crippen molar-refractivity contribution in [2.45, 2.75) is 25.8 Å². The fraction of sp³-hybridized carbons (Fsp3) is 0.353. The van der Waals surface area contributed by atoms with Crippen LogP contribution in [0.25, 0.3) is 10.9 Å². The van der Waals surface area contributed by atoms with Crippen LogP contribution in [0.5, 0.6) is 0 Å². The Hall–Kier alpha value is -2.07. The zero-order chi connectivity index (χ0) is 14.2. The van der Waals surface area contributed by atoms with Crippen LogP contribution in [0, 0.1) is 6.92 Å². The number of imidazole rings is 1. The van der Waals surface area contributed by atoms with Crippen molar-refractivity contribution in [2.75, 3.05) is 13.1 Å². The van der Waals surface area contributed by atoms with Crippen LogP contribution in [-0.4, -0.2) is 32.9 Å². The van der Waals surface area contributed by atoms with Crippen molar-refractivity contribution in [1.82, 2.24) is 19.9 Å². The number of benzene rings is 1. The Bertz CT molecular complexity index is 755. The molecule has 1 aliphatic heterocycles. The number of hydrogen-bond donors (Lipinski definition) is 2. The molecule has 0 spiro atoms. The lowest BCUT2D eigenvalue weighted by Crippen LogP contribution is -2.19. The predicted molar refractivity (Wildman–Crippen MR) is 84.3 cm³/mol. The number of aromatic amines is 2. The topological polar surface area (TPSA) is 47.7 Å². The maximum atomic E-state index is 4.49. The van der Waals surface area contributed by atoms with Gasteiger partial charge in [-0.05, 0) is 31.5 Å². The van der Waals surface area contributed by atoms with Gasteiger partial charge in [0, 0.05) is 48.0 Å². The van der Waals surface area contributed by atoms with E-state index >= 15 is 0 Å². The van der Waals surface area contributed by atoms with Gasteiger partial charge in [-0.1, -0.05) is 18.2 Å². The SMILES string of the molecule is Cc1cnc([C@@H]2CCN(Cc3c[nH]c4ccccc34)C2)[nH]1. The van der Waals surface area contributed by atoms with Crippen molar-refractivity contribution >= 4 is 10.9 Å². The molecule has 3 heterocycles. The monoisotopic (exact) mass is 280 g/mol. The summed E-state index contributed by atoms with van der Waals surface area (Å²) in [6, 6.07) is 8.52. The molecule has 0 saturated carbocycles. The Morgan fingerprint density at radius 3 is 3.10 bits per heavy atom. The summed E-state index contributed by atoms with van der Waals surface area (Å²) in [4.78, 5) is 13.8. The second-order valence-corrected chi connectivity index (χ2v) is 6.03. The van der Waals surface area contributed by atoms with Gasteiger partial charge < -0.3 is 9.97 Å². The molecular formula is C17H20N4. The molecule has 2 aromatic heterocycles. The standard InChI is InChI=1S/C17H20N4/c1-12-8-19-17(20-12)13-6-7-21(10-13)11-14-9-18-16-5-3-2-4-15(14)16/h2-5,8-9,13,18H,6-7,10-11H2,1H3,(H,19,20)/t13-/m1/s1. The number of hydrogen-bond acceptors (Lipinski definition) is 2. The zero-order valence-electron chi connectivity index (χ0n) is 12.3. The Morgan fingerprint density at radius 2 is 2.24 bits per heavy atom. The van der Waals surface area contributed by atoms with Crippen LogP contribution >= 0.6 is 0 Å². The van der Waals surface area contributed by atoms with Gasteiger partial charge in [0.15, 0.2) is 0 Å². The first-order chi connectivity index (χ1) is 10.3. The largest absolute Gasteiger partial charge is 0.361 e. The number of nitrogens with zero attached hydrogens (tertiary/aromatic N) is 2. The minimum atomic E-state index is 0.545. The molecule has 4 rings (SSSR count). The van der Waals surface area contributed by atoms with Crippen LogP contribution in [-0.2, 0) is 6.54 Å². The maximum Gasteiger partial charge on any atom is 0.110 e. The molecule has 4 nitrogen and oxygen atoms in total. The van der Waals surface area contributed by atoms with E-state index in [0.29, 0.717) is 5.92 Å². The first-order valence-corrected chi connectivity index (χ1v) is 7.58. The smallest absolute Gasteiger partial charge is 0.110 e. The Balaban J connectivity index is 1.49. The molecule has 1 atom stereocenters. The van der Waals surface area contributed by atoms with E-state index < -0.39 is 0 Å². The molecule has 21 heavy (non-hydrogen) atoms. The van der Waals surface area contributed by atoms with Crippen molar-refractivity contribution in [2.24, 2.45) is 0 Å². The Kier molecular flexibility index (Phi) is 3.04. The second kappa shape index (κ2) is 5.04. The number of nitrogens with one attached hydrogen (secondary N) is 2. The molecule has 0 aliphatic carbocycles. The number of rotatable bonds is 3. The summed E-state index contributed by atoms with van der Waals surface area (Å²) in [7, 11) is 0. The molecule has 0 bridgehead atoms. The van der Waals surface area contributed by atoms with E-state index in [1.54, 1.807) is 0 Å². The van der Waals surface area contributed by atoms with E-state index in [1.807, 2.05) is 6.20 Å². The average molecular weight is 280 g/mol. The molecule has 2 N–H and O–H groups in total. The zero-order valence-corrected chi connectivity index (χ0v) is 12.3. The van der Waals surface area contributed by atoms with Crippen molar-refractivity contribution in [3.8, 4) is 0 Å². The van der Waals surface area contributed by atoms with Crippen LogP contribution in [0.4, 0.5) is 0 Å². The van der Waals surface area contributed by atoms with E-state index in [1.165, 1.54) is 22.9 Å². The number of aryl methyl sites for hydroxylation is 1. The molecule has 1 aromatic carbocycles. The molecular weight excluding hydrogens is 260 g/mol. The van der Waals surface area contributed by atoms with Crippen molar-refractivity contribution in [1.29, 1.82) is 0 Å². The number of para-hydroxylation sites is 1. The third kappa shape index (κ3) is 2.36. The quantitative estimate of drug-likeness (QED) is 0.774. The fourth-order valence-corrected chi connectivity index (χ4v) is 3.34. The van der Waals surface area contributed by atoms with E-state index in [-0.39, 0.29) is 0 Å². The normalized spacial score (nSPS) is 19.6. The van der Waals surface area contributed by atoms with E-state index in [2.05, 4.69) is 57.2 Å². The third-order valence-electron chi connectivity index (χ3n) is 4.45. The highest BCUT2D eigenvalue weighted by Crippen LogP contribution is 2.27. The molecule has 108 valence electrons. The van der Waals surface area contributed by atoms with Gasteiger partial charge in [0.25, 0.3) is 0 Å². The highest BCUT2D eigenvalue weighted by molar-refractivity contribution is 5.82. The molecule has 0 radical (unpaired) electrons. The van der Waals surface area contributed by atoms with Gasteiger partial charge in [0.05, 0.1) is 0 Å². The number of H-pyrrole nitrogens is 2. The summed E-state index contributed by atoms with van der Waals surface area (Å²) in [5.74, 6) is 1.69. The fourth-order valence-electron chi connectivity index (χ4n) is 3.34. The second-order valence-electron chi connectivity index (χ2n) is 6.03. The molecule has 1 aliphatic rings. The summed E-state index contributed by atoms with van der Waals surface area (Å²) in [6.07, 6.45) is 5.27. The highest BCUT2D eigenvalue weighted by Gasteiger charge is 2.26. The predicted octanol–water partition coefficient (Wildman–Crippen LogP) is 3.19. The minimum Gasteiger partial charge on any atom is -0.361 e. The highest BCUT2D eigenvalue weighted by atomic mass is 15.2. The summed E-state index contributed by atoms with van der Waals surface area (Å²) in [5, 5.41) is 1.34. The van der Waals surface area contributed by atoms with Crippen molar-refractivity contribution in [3.63, 3.8) is 0 Å². The minimum absolute atomic E-state index is 0.545. The number of fused-ring (bicyclic) bond motifs is 1. The summed E-state index contributed by atoms with van der Waals surface area (Å²) < 4.78 is 0. The van der Waals surface area contributed by atoms with Crippen molar-refractivity contribution in [3.05, 3.63) is 53.7 Å². The van der Waals surface area contributed by atoms with E-state index in [0.717, 1.165) is 31.2 Å². The number of likely N-dealkylation sites (tertiary alicyclic amines) is 1. The molecule has 0 amide bonds. The van der Waals surface area contributed by atoms with Gasteiger partial charge in [-0.25, -0.2) is 4.98 Å². The van der Waals surface area contributed by atoms with Gasteiger partial charge >= 0.3 is 0 Å². The molecule has 0 unspecified atom stereocenters. The van der Waals surface area contributed by atoms with Gasteiger partial charge in [-0.15, -0.1) is 0 Å². The lowest BCUT2D eigenvalue weighted by Gasteiger charge is -2.14. The van der Waals surface area contributed by atoms with Crippen molar-refractivity contribution < 1.29 is 0 Å². The average Bonchev–Trinajstić information content (AvgIpc) is 3.20. The van der Waals surface area contributed by atoms with Gasteiger partial charge in [-0.2, -0.15) is 0 Å². The first-order valence-electron chi connectivity index (χ1n) is 7.58. The Labute approximate surface area is 124 Å².